The van der Waals surface area contributed by atoms with Crippen molar-refractivity contribution in [2.75, 3.05) is 7.11 Å². The highest BCUT2D eigenvalue weighted by Gasteiger charge is 2.15. The summed E-state index contributed by atoms with van der Waals surface area (Å²) in [5.74, 6) is 0.524. The van der Waals surface area contributed by atoms with Crippen LogP contribution in [0.5, 0.6) is 5.75 Å². The molecule has 0 spiro atoms. The monoisotopic (exact) mass is 313 g/mol. The average molecular weight is 314 g/mol. The molecule has 0 saturated carbocycles. The fourth-order valence-electron chi connectivity index (χ4n) is 1.85. The predicted octanol–water partition coefficient (Wildman–Crippen LogP) is 3.77. The van der Waals surface area contributed by atoms with E-state index in [9.17, 15) is 4.79 Å². The van der Waals surface area contributed by atoms with Gasteiger partial charge < -0.3 is 10.1 Å². The zero-order valence-corrected chi connectivity index (χ0v) is 12.7. The van der Waals surface area contributed by atoms with Crippen molar-refractivity contribution in [2.45, 2.75) is 39.2 Å². The summed E-state index contributed by atoms with van der Waals surface area (Å²) in [6.07, 6.45) is 3.00. The van der Waals surface area contributed by atoms with Gasteiger partial charge >= 0.3 is 0 Å². The number of ether oxygens (including phenoxy) is 1. The summed E-state index contributed by atoms with van der Waals surface area (Å²) in [4.78, 5) is 12.2. The third-order valence-corrected chi connectivity index (χ3v) is 3.36. The molecule has 1 N–H and O–H groups in total. The number of carbonyl (C=O) groups excluding carboxylic acids is 1. The van der Waals surface area contributed by atoms with Gasteiger partial charge in [0.1, 0.15) is 5.75 Å². The second kappa shape index (κ2) is 7.41. The Morgan fingerprint density at radius 3 is 2.72 bits per heavy atom. The predicted molar refractivity (Wildman–Crippen MR) is 77.1 cm³/mol. The van der Waals surface area contributed by atoms with E-state index >= 15 is 0 Å². The molecule has 3 nitrogen and oxygen atoms in total. The van der Waals surface area contributed by atoms with E-state index in [-0.39, 0.29) is 11.9 Å². The van der Waals surface area contributed by atoms with E-state index in [1.807, 2.05) is 6.07 Å². The quantitative estimate of drug-likeness (QED) is 0.868. The Kier molecular flexibility index (Phi) is 6.19. The number of rotatable bonds is 6. The van der Waals surface area contributed by atoms with Crippen molar-refractivity contribution in [2.24, 2.45) is 0 Å². The maximum atomic E-state index is 12.2. The van der Waals surface area contributed by atoms with Gasteiger partial charge in [-0.05, 0) is 31.0 Å². The van der Waals surface area contributed by atoms with E-state index in [0.717, 1.165) is 23.7 Å². The highest BCUT2D eigenvalue weighted by Crippen LogP contribution is 2.23. The van der Waals surface area contributed by atoms with Gasteiger partial charge in [0, 0.05) is 10.5 Å². The Hall–Kier alpha value is -1.03. The summed E-state index contributed by atoms with van der Waals surface area (Å²) in [7, 11) is 1.57. The first kappa shape index (κ1) is 15.0. The van der Waals surface area contributed by atoms with Crippen LogP contribution in [0, 0.1) is 0 Å². The van der Waals surface area contributed by atoms with Crippen LogP contribution in [0.15, 0.2) is 22.7 Å². The SMILES string of the molecule is CCCC(CC)NC(=O)c1cc(Br)ccc1OC. The fourth-order valence-corrected chi connectivity index (χ4v) is 2.21. The summed E-state index contributed by atoms with van der Waals surface area (Å²) < 4.78 is 6.09. The van der Waals surface area contributed by atoms with Crippen LogP contribution in [0.2, 0.25) is 0 Å². The third-order valence-electron chi connectivity index (χ3n) is 2.87. The fraction of sp³-hybridized carbons (Fsp3) is 0.500. The zero-order chi connectivity index (χ0) is 13.5. The van der Waals surface area contributed by atoms with Crippen molar-refractivity contribution in [3.63, 3.8) is 0 Å². The normalized spacial score (nSPS) is 12.0. The molecule has 0 aliphatic carbocycles. The lowest BCUT2D eigenvalue weighted by Crippen LogP contribution is -2.34. The lowest BCUT2D eigenvalue weighted by Gasteiger charge is -2.17. The molecule has 1 atom stereocenters. The van der Waals surface area contributed by atoms with Crippen LogP contribution in [0.1, 0.15) is 43.5 Å². The molecule has 0 bridgehead atoms. The van der Waals surface area contributed by atoms with E-state index in [0.29, 0.717) is 11.3 Å². The number of carbonyl (C=O) groups is 1. The highest BCUT2D eigenvalue weighted by atomic mass is 79.9. The lowest BCUT2D eigenvalue weighted by molar-refractivity contribution is 0.0930. The van der Waals surface area contributed by atoms with Gasteiger partial charge in [-0.15, -0.1) is 0 Å². The van der Waals surface area contributed by atoms with E-state index in [1.54, 1.807) is 19.2 Å². The Balaban J connectivity index is 2.85. The van der Waals surface area contributed by atoms with E-state index in [2.05, 4.69) is 35.1 Å². The molecular formula is C14H20BrNO2. The summed E-state index contributed by atoms with van der Waals surface area (Å²) in [6, 6.07) is 5.66. The molecular weight excluding hydrogens is 294 g/mol. The van der Waals surface area contributed by atoms with Crippen LogP contribution in [-0.2, 0) is 0 Å². The molecule has 0 aliphatic heterocycles. The van der Waals surface area contributed by atoms with Crippen molar-refractivity contribution in [1.82, 2.24) is 5.32 Å². The van der Waals surface area contributed by atoms with Gasteiger partial charge in [-0.1, -0.05) is 36.2 Å². The number of halogens is 1. The Morgan fingerprint density at radius 2 is 2.17 bits per heavy atom. The van der Waals surface area contributed by atoms with E-state index in [1.165, 1.54) is 0 Å². The first-order valence-corrected chi connectivity index (χ1v) is 7.06. The summed E-state index contributed by atoms with van der Waals surface area (Å²) in [6.45, 7) is 4.20. The number of hydrogen-bond donors (Lipinski definition) is 1. The number of nitrogens with one attached hydrogen (secondary N) is 1. The van der Waals surface area contributed by atoms with Gasteiger partial charge in [0.25, 0.3) is 5.91 Å². The minimum atomic E-state index is -0.0755. The third kappa shape index (κ3) is 4.02. The van der Waals surface area contributed by atoms with Crippen molar-refractivity contribution >= 4 is 21.8 Å². The van der Waals surface area contributed by atoms with Gasteiger partial charge in [-0.3, -0.25) is 4.79 Å². The second-order valence-corrected chi connectivity index (χ2v) is 5.13. The number of methoxy groups -OCH3 is 1. The molecule has 1 aromatic rings. The van der Waals surface area contributed by atoms with Gasteiger partial charge in [-0.25, -0.2) is 0 Å². The van der Waals surface area contributed by atoms with Crippen LogP contribution in [0.4, 0.5) is 0 Å². The van der Waals surface area contributed by atoms with Gasteiger partial charge in [0.05, 0.1) is 12.7 Å². The van der Waals surface area contributed by atoms with Gasteiger partial charge in [-0.2, -0.15) is 0 Å². The minimum absolute atomic E-state index is 0.0755. The van der Waals surface area contributed by atoms with Crippen LogP contribution in [0.25, 0.3) is 0 Å². The number of hydrogen-bond acceptors (Lipinski definition) is 2. The van der Waals surface area contributed by atoms with Crippen LogP contribution in [0.3, 0.4) is 0 Å². The van der Waals surface area contributed by atoms with E-state index < -0.39 is 0 Å². The lowest BCUT2D eigenvalue weighted by atomic mass is 10.1. The summed E-state index contributed by atoms with van der Waals surface area (Å²) in [5, 5.41) is 3.05. The smallest absolute Gasteiger partial charge is 0.255 e. The first-order chi connectivity index (χ1) is 8.62. The standard InChI is InChI=1S/C14H20BrNO2/c1-4-6-11(5-2)16-14(17)12-9-10(15)7-8-13(12)18-3/h7-9,11H,4-6H2,1-3H3,(H,16,17). The van der Waals surface area contributed by atoms with Crippen molar-refractivity contribution in [3.05, 3.63) is 28.2 Å². The average Bonchev–Trinajstić information content (AvgIpc) is 2.38. The minimum Gasteiger partial charge on any atom is -0.496 e. The zero-order valence-electron chi connectivity index (χ0n) is 11.1. The molecule has 0 radical (unpaired) electrons. The topological polar surface area (TPSA) is 38.3 Å². The first-order valence-electron chi connectivity index (χ1n) is 6.26. The molecule has 0 saturated heterocycles. The van der Waals surface area contributed by atoms with Crippen LogP contribution < -0.4 is 10.1 Å². The van der Waals surface area contributed by atoms with Crippen molar-refractivity contribution in [3.8, 4) is 5.75 Å². The molecule has 1 unspecified atom stereocenters. The second-order valence-electron chi connectivity index (χ2n) is 4.21. The van der Waals surface area contributed by atoms with Crippen LogP contribution >= 0.6 is 15.9 Å². The Bertz CT molecular complexity index is 407. The molecule has 18 heavy (non-hydrogen) atoms. The summed E-state index contributed by atoms with van der Waals surface area (Å²) >= 11 is 3.37. The largest absolute Gasteiger partial charge is 0.496 e. The van der Waals surface area contributed by atoms with Gasteiger partial charge in [0.2, 0.25) is 0 Å². The molecule has 4 heteroatoms. The number of amides is 1. The molecule has 1 amide bonds. The molecule has 0 aromatic heterocycles. The molecule has 1 aromatic carbocycles. The molecule has 0 heterocycles. The Labute approximate surface area is 117 Å². The summed E-state index contributed by atoms with van der Waals surface area (Å²) in [5.41, 5.74) is 0.571. The maximum absolute atomic E-state index is 12.2. The maximum Gasteiger partial charge on any atom is 0.255 e. The molecule has 100 valence electrons. The molecule has 0 fully saturated rings. The van der Waals surface area contributed by atoms with Crippen molar-refractivity contribution < 1.29 is 9.53 Å². The number of benzene rings is 1. The highest BCUT2D eigenvalue weighted by molar-refractivity contribution is 9.10. The molecule has 1 rings (SSSR count). The van der Waals surface area contributed by atoms with E-state index in [4.69, 9.17) is 4.74 Å². The molecule has 0 aliphatic rings. The Morgan fingerprint density at radius 1 is 1.44 bits per heavy atom. The van der Waals surface area contributed by atoms with Gasteiger partial charge in [0.15, 0.2) is 0 Å². The van der Waals surface area contributed by atoms with Crippen LogP contribution in [-0.4, -0.2) is 19.1 Å². The van der Waals surface area contributed by atoms with Crippen molar-refractivity contribution in [1.29, 1.82) is 0 Å².